The Morgan fingerprint density at radius 2 is 1.90 bits per heavy atom. The zero-order valence-corrected chi connectivity index (χ0v) is 20.0. The minimum atomic E-state index is -1.01. The van der Waals surface area contributed by atoms with Crippen LogP contribution in [-0.4, -0.2) is 104 Å². The van der Waals surface area contributed by atoms with E-state index in [9.17, 15) is 15.0 Å². The number of nitrogens with two attached hydrogens (primary N) is 1. The largest absolute Gasteiger partial charge is 1.00 e. The number of hydrogen-bond donors (Lipinski definition) is 5. The lowest BCUT2D eigenvalue weighted by Gasteiger charge is -2.46. The van der Waals surface area contributed by atoms with Gasteiger partial charge in [0, 0.05) is 20.6 Å². The van der Waals surface area contributed by atoms with Crippen molar-refractivity contribution in [3.8, 4) is 0 Å². The lowest BCUT2D eigenvalue weighted by Crippen LogP contribution is -3.00. The van der Waals surface area contributed by atoms with Crippen LogP contribution >= 0.6 is 0 Å². The van der Waals surface area contributed by atoms with E-state index in [-0.39, 0.29) is 67.9 Å². The Hall–Kier alpha value is 0.0200. The van der Waals surface area contributed by atoms with Gasteiger partial charge >= 0.3 is 0 Å². The van der Waals surface area contributed by atoms with Gasteiger partial charge in [0.05, 0.1) is 19.2 Å². The Balaban J connectivity index is 0. The maximum Gasteiger partial charge on any atom is 0.277 e. The van der Waals surface area contributed by atoms with Crippen molar-refractivity contribution >= 4 is 5.91 Å². The lowest BCUT2D eigenvalue weighted by atomic mass is 9.83. The van der Waals surface area contributed by atoms with Crippen LogP contribution in [0.2, 0.25) is 0 Å². The third-order valence-corrected chi connectivity index (χ3v) is 5.64. The quantitative estimate of drug-likeness (QED) is 0.234. The molecule has 0 radical (unpaired) electrons. The second-order valence-electron chi connectivity index (χ2n) is 7.52. The summed E-state index contributed by atoms with van der Waals surface area (Å²) < 4.78 is 17.4. The summed E-state index contributed by atoms with van der Waals surface area (Å²) in [6, 6.07) is -0.842. The van der Waals surface area contributed by atoms with Gasteiger partial charge in [-0.1, -0.05) is 0 Å². The summed E-state index contributed by atoms with van der Waals surface area (Å²) in [6.07, 6.45) is -1.76. The molecule has 1 saturated heterocycles. The van der Waals surface area contributed by atoms with Gasteiger partial charge in [-0.2, -0.15) is 0 Å². The molecule has 2 aliphatic rings. The second kappa shape index (κ2) is 15.0. The number of ether oxygens (including phenoxy) is 3. The van der Waals surface area contributed by atoms with Crippen molar-refractivity contribution in [3.05, 3.63) is 0 Å². The fourth-order valence-corrected chi connectivity index (χ4v) is 4.07. The first-order valence-electron chi connectivity index (χ1n) is 9.69. The molecule has 0 spiro atoms. The molecule has 0 bridgehead atoms. The molecule has 0 aromatic carbocycles. The first-order valence-corrected chi connectivity index (χ1v) is 9.69. The highest BCUT2D eigenvalue weighted by molar-refractivity contribution is 5.77. The van der Waals surface area contributed by atoms with Crippen molar-refractivity contribution in [1.29, 1.82) is 0 Å². The zero-order valence-electron chi connectivity index (χ0n) is 17.8. The Labute approximate surface area is 196 Å². The number of nitrogens with zero attached hydrogens (tertiary/aromatic N) is 1. The van der Waals surface area contributed by atoms with Crippen LogP contribution in [0.25, 0.3) is 0 Å². The van der Waals surface area contributed by atoms with Gasteiger partial charge in [-0.05, 0) is 12.8 Å². The van der Waals surface area contributed by atoms with Gasteiger partial charge in [0.1, 0.15) is 37.0 Å². The summed E-state index contributed by atoms with van der Waals surface area (Å²) in [5.74, 6) is -0.185. The van der Waals surface area contributed by atoms with Gasteiger partial charge in [-0.15, -0.1) is 0 Å². The number of halogens is 3. The van der Waals surface area contributed by atoms with Crippen LogP contribution in [0.3, 0.4) is 0 Å². The molecule has 13 heteroatoms. The third kappa shape index (κ3) is 7.56. The molecule has 1 aliphatic heterocycles. The van der Waals surface area contributed by atoms with E-state index in [0.29, 0.717) is 12.8 Å². The number of methoxy groups -OCH3 is 1. The fraction of sp³-hybridized carbons (Fsp3) is 0.941. The van der Waals surface area contributed by atoms with Gasteiger partial charge in [-0.25, -0.2) is 0 Å². The minimum Gasteiger partial charge on any atom is -1.00 e. The van der Waals surface area contributed by atoms with Crippen LogP contribution in [-0.2, 0) is 19.0 Å². The second-order valence-corrected chi connectivity index (χ2v) is 7.52. The maximum atomic E-state index is 12.1. The van der Waals surface area contributed by atoms with Crippen molar-refractivity contribution in [3.63, 3.8) is 0 Å². The van der Waals surface area contributed by atoms with E-state index >= 15 is 0 Å². The molecule has 2 rings (SSSR count). The maximum absolute atomic E-state index is 12.1. The number of carbonyl (C=O) groups is 1. The average Bonchev–Trinajstić information content (AvgIpc) is 2.65. The summed E-state index contributed by atoms with van der Waals surface area (Å²) in [5, 5.41) is 23.3. The van der Waals surface area contributed by atoms with Crippen LogP contribution in [0, 0.1) is 0 Å². The number of hydrogen-bond acceptors (Lipinski definition) is 6. The summed E-state index contributed by atoms with van der Waals surface area (Å²) in [4.78, 5) is 13.6. The Morgan fingerprint density at radius 3 is 2.43 bits per heavy atom. The van der Waals surface area contributed by atoms with Crippen LogP contribution in [0.4, 0.5) is 0 Å². The number of carbonyl (C=O) groups excluding carboxylic acids is 1. The first kappa shape index (κ1) is 32.2. The third-order valence-electron chi connectivity index (χ3n) is 5.64. The fourth-order valence-electron chi connectivity index (χ4n) is 4.07. The molecule has 10 nitrogen and oxygen atoms in total. The van der Waals surface area contributed by atoms with E-state index in [1.807, 2.05) is 12.4 Å². The molecule has 10 N–H and O–H groups in total. The summed E-state index contributed by atoms with van der Waals surface area (Å²) in [6.45, 7) is 0.873. The smallest absolute Gasteiger partial charge is 0.277 e. The van der Waals surface area contributed by atoms with Gasteiger partial charge in [0.25, 0.3) is 5.91 Å². The van der Waals surface area contributed by atoms with E-state index in [1.165, 1.54) is 4.90 Å². The molecule has 1 saturated carbocycles. The highest BCUT2D eigenvalue weighted by Gasteiger charge is 2.50. The van der Waals surface area contributed by atoms with Gasteiger partial charge in [-0.3, -0.25) is 4.79 Å². The summed E-state index contributed by atoms with van der Waals surface area (Å²) in [7, 11) is 5.15. The van der Waals surface area contributed by atoms with Gasteiger partial charge < -0.3 is 83.3 Å². The number of quaternary nitrogens is 3. The summed E-state index contributed by atoms with van der Waals surface area (Å²) in [5.41, 5.74) is 7.74. The molecule has 0 unspecified atom stereocenters. The van der Waals surface area contributed by atoms with E-state index in [4.69, 9.17) is 14.2 Å². The van der Waals surface area contributed by atoms with E-state index in [2.05, 4.69) is 11.5 Å². The molecule has 0 aromatic heterocycles. The first-order chi connectivity index (χ1) is 12.8. The van der Waals surface area contributed by atoms with Crippen molar-refractivity contribution in [2.45, 2.75) is 68.2 Å². The van der Waals surface area contributed by atoms with Crippen molar-refractivity contribution < 1.29 is 83.2 Å². The van der Waals surface area contributed by atoms with Crippen LogP contribution < -0.4 is 54.0 Å². The highest BCUT2D eigenvalue weighted by Crippen LogP contribution is 2.30. The number of amides is 1. The minimum absolute atomic E-state index is 0. The Bertz CT molecular complexity index is 498. The number of aliphatic hydroxyl groups excluding tert-OH is 2. The van der Waals surface area contributed by atoms with Crippen molar-refractivity contribution in [2.24, 2.45) is 0 Å². The lowest BCUT2D eigenvalue weighted by molar-refractivity contribution is -0.636. The Morgan fingerprint density at radius 1 is 1.27 bits per heavy atom. The predicted octanol–water partition coefficient (Wildman–Crippen LogP) is -14.1. The van der Waals surface area contributed by atoms with Gasteiger partial charge in [0.15, 0.2) is 12.8 Å². The predicted molar refractivity (Wildman–Crippen MR) is 93.9 cm³/mol. The number of aliphatic hydroxyl groups is 2. The normalized spacial score (nSPS) is 36.0. The van der Waals surface area contributed by atoms with E-state index in [0.717, 1.165) is 13.0 Å². The SMILES string of the molecule is C[NH2+]C[C@@H]1CC[C@H](O)[C@@H](O[C@H]2[C@H](O)[C@H](N(C)C(=O)C[NH3+])[C@@H](OC)C[C@@H]2[NH3+])O1.[Cl-].[Cl-].[Cl-]. The highest BCUT2D eigenvalue weighted by atomic mass is 35.5. The average molecular weight is 500 g/mol. The monoisotopic (exact) mass is 498 g/mol. The molecule has 8 atom stereocenters. The molecule has 2 fully saturated rings. The topological polar surface area (TPSA) is 160 Å². The molecule has 1 amide bonds. The van der Waals surface area contributed by atoms with Gasteiger partial charge in [0.2, 0.25) is 0 Å². The van der Waals surface area contributed by atoms with E-state index in [1.54, 1.807) is 14.2 Å². The Kier molecular flexibility index (Phi) is 16.1. The molecule has 30 heavy (non-hydrogen) atoms. The molecule has 182 valence electrons. The molecule has 1 heterocycles. The van der Waals surface area contributed by atoms with Crippen LogP contribution in [0.1, 0.15) is 19.3 Å². The van der Waals surface area contributed by atoms with Crippen molar-refractivity contribution in [1.82, 2.24) is 4.90 Å². The standard InChI is InChI=1S/C17H34N4O6.3ClH/c1-20-8-9-4-5-11(22)17(26-9)27-16-10(19)6-12(25-3)14(15(16)24)21(2)13(23)7-18;;;/h9-12,14-17,20,22,24H,4-8,18-19H2,1-3H3;3*1H/t9-,10-,11-,12-,14+,15+,16+,17+;;;/m0.../s1. The van der Waals surface area contributed by atoms with Crippen molar-refractivity contribution in [2.75, 3.05) is 34.3 Å². The zero-order chi connectivity index (χ0) is 20.1. The number of likely N-dealkylation sites (N-methyl/N-ethyl adjacent to an activating group) is 2. The summed E-state index contributed by atoms with van der Waals surface area (Å²) >= 11 is 0. The molecular formula is C17H37Cl3N4O6. The molecule has 0 aromatic rings. The molecular weight excluding hydrogens is 463 g/mol. The molecule has 1 aliphatic carbocycles. The number of rotatable bonds is 7. The van der Waals surface area contributed by atoms with E-state index < -0.39 is 30.6 Å². The van der Waals surface area contributed by atoms with Crippen LogP contribution in [0.15, 0.2) is 0 Å². The van der Waals surface area contributed by atoms with Crippen LogP contribution in [0.5, 0.6) is 0 Å².